The SMILES string of the molecule is OC(CNC1CCc2c(F)cccc21)C(F)(F)F. The summed E-state index contributed by atoms with van der Waals surface area (Å²) in [5, 5.41) is 11.5. The van der Waals surface area contributed by atoms with Crippen LogP contribution < -0.4 is 5.32 Å². The average Bonchev–Trinajstić information content (AvgIpc) is 2.69. The molecule has 0 aliphatic heterocycles. The zero-order valence-electron chi connectivity index (χ0n) is 9.47. The van der Waals surface area contributed by atoms with E-state index in [2.05, 4.69) is 5.32 Å². The van der Waals surface area contributed by atoms with Crippen molar-refractivity contribution in [2.45, 2.75) is 31.2 Å². The maximum Gasteiger partial charge on any atom is 0.415 e. The predicted octanol–water partition coefficient (Wildman–Crippen LogP) is 2.33. The molecule has 0 aromatic heterocycles. The molecule has 0 saturated carbocycles. The lowest BCUT2D eigenvalue weighted by molar-refractivity contribution is -0.202. The first kappa shape index (κ1) is 13.3. The third-order valence-electron chi connectivity index (χ3n) is 3.15. The number of hydrogen-bond acceptors (Lipinski definition) is 2. The second-order valence-corrected chi connectivity index (χ2v) is 4.36. The fraction of sp³-hybridized carbons (Fsp3) is 0.500. The van der Waals surface area contributed by atoms with Gasteiger partial charge >= 0.3 is 6.18 Å². The van der Waals surface area contributed by atoms with E-state index in [0.717, 1.165) is 0 Å². The van der Waals surface area contributed by atoms with Crippen LogP contribution in [0.25, 0.3) is 0 Å². The van der Waals surface area contributed by atoms with Crippen LogP contribution in [0.1, 0.15) is 23.6 Å². The van der Waals surface area contributed by atoms with E-state index in [-0.39, 0.29) is 11.9 Å². The maximum absolute atomic E-state index is 13.4. The smallest absolute Gasteiger partial charge is 0.382 e. The minimum absolute atomic E-state index is 0.326. The number of hydrogen-bond donors (Lipinski definition) is 2. The van der Waals surface area contributed by atoms with Crippen LogP contribution in [0.2, 0.25) is 0 Å². The van der Waals surface area contributed by atoms with Crippen molar-refractivity contribution in [1.82, 2.24) is 5.32 Å². The monoisotopic (exact) mass is 263 g/mol. The molecular weight excluding hydrogens is 250 g/mol. The third-order valence-corrected chi connectivity index (χ3v) is 3.15. The Morgan fingerprint density at radius 3 is 2.78 bits per heavy atom. The molecule has 1 aromatic rings. The van der Waals surface area contributed by atoms with Gasteiger partial charge in [0.1, 0.15) is 5.82 Å². The van der Waals surface area contributed by atoms with Crippen molar-refractivity contribution in [3.8, 4) is 0 Å². The summed E-state index contributed by atoms with van der Waals surface area (Å²) in [4.78, 5) is 0. The Bertz CT molecular complexity index is 433. The number of aliphatic hydroxyl groups is 1. The van der Waals surface area contributed by atoms with E-state index in [1.54, 1.807) is 6.07 Å². The largest absolute Gasteiger partial charge is 0.415 e. The van der Waals surface area contributed by atoms with Gasteiger partial charge in [0.15, 0.2) is 6.10 Å². The van der Waals surface area contributed by atoms with E-state index < -0.39 is 18.8 Å². The lowest BCUT2D eigenvalue weighted by atomic mass is 10.1. The first-order valence-corrected chi connectivity index (χ1v) is 5.65. The molecule has 2 N–H and O–H groups in total. The molecule has 0 heterocycles. The first-order valence-electron chi connectivity index (χ1n) is 5.65. The van der Waals surface area contributed by atoms with Crippen LogP contribution in [0, 0.1) is 5.82 Å². The summed E-state index contributed by atoms with van der Waals surface area (Å²) in [5.74, 6) is -0.326. The Labute approximate surface area is 102 Å². The van der Waals surface area contributed by atoms with Gasteiger partial charge in [0, 0.05) is 12.6 Å². The van der Waals surface area contributed by atoms with Crippen LogP contribution >= 0.6 is 0 Å². The Morgan fingerprint density at radius 2 is 2.11 bits per heavy atom. The van der Waals surface area contributed by atoms with Crippen molar-refractivity contribution in [2.24, 2.45) is 0 Å². The number of alkyl halides is 3. The minimum atomic E-state index is -4.63. The zero-order valence-corrected chi connectivity index (χ0v) is 9.47. The average molecular weight is 263 g/mol. The second kappa shape index (κ2) is 4.85. The Kier molecular flexibility index (Phi) is 3.59. The zero-order chi connectivity index (χ0) is 13.3. The topological polar surface area (TPSA) is 32.3 Å². The van der Waals surface area contributed by atoms with Crippen molar-refractivity contribution in [1.29, 1.82) is 0 Å². The number of fused-ring (bicyclic) bond motifs is 1. The van der Waals surface area contributed by atoms with E-state index in [1.807, 2.05) is 0 Å². The van der Waals surface area contributed by atoms with Crippen LogP contribution in [0.3, 0.4) is 0 Å². The van der Waals surface area contributed by atoms with Gasteiger partial charge in [0.25, 0.3) is 0 Å². The lowest BCUT2D eigenvalue weighted by Crippen LogP contribution is -2.39. The van der Waals surface area contributed by atoms with Crippen LogP contribution in [0.15, 0.2) is 18.2 Å². The molecule has 2 nitrogen and oxygen atoms in total. The van der Waals surface area contributed by atoms with E-state index in [0.29, 0.717) is 24.0 Å². The number of benzene rings is 1. The summed E-state index contributed by atoms with van der Waals surface area (Å²) < 4.78 is 49.8. The summed E-state index contributed by atoms with van der Waals surface area (Å²) in [5.41, 5.74) is 1.24. The van der Waals surface area contributed by atoms with Gasteiger partial charge in [-0.3, -0.25) is 0 Å². The highest BCUT2D eigenvalue weighted by Gasteiger charge is 2.38. The molecule has 0 saturated heterocycles. The Morgan fingerprint density at radius 1 is 1.39 bits per heavy atom. The van der Waals surface area contributed by atoms with Crippen molar-refractivity contribution in [3.05, 3.63) is 35.1 Å². The molecule has 0 amide bonds. The molecule has 18 heavy (non-hydrogen) atoms. The molecule has 2 atom stereocenters. The highest BCUT2D eigenvalue weighted by molar-refractivity contribution is 5.35. The normalized spacial score (nSPS) is 20.8. The molecule has 2 unspecified atom stereocenters. The van der Waals surface area contributed by atoms with Crippen molar-refractivity contribution < 1.29 is 22.7 Å². The fourth-order valence-electron chi connectivity index (χ4n) is 2.19. The second-order valence-electron chi connectivity index (χ2n) is 4.36. The maximum atomic E-state index is 13.4. The number of aliphatic hydroxyl groups excluding tert-OH is 1. The Balaban J connectivity index is 2.01. The van der Waals surface area contributed by atoms with Crippen molar-refractivity contribution in [2.75, 3.05) is 6.54 Å². The molecule has 1 aromatic carbocycles. The van der Waals surface area contributed by atoms with Gasteiger partial charge in [-0.2, -0.15) is 13.2 Å². The van der Waals surface area contributed by atoms with Crippen LogP contribution in [0.4, 0.5) is 17.6 Å². The van der Waals surface area contributed by atoms with Crippen LogP contribution in [-0.2, 0) is 6.42 Å². The van der Waals surface area contributed by atoms with E-state index in [1.165, 1.54) is 12.1 Å². The van der Waals surface area contributed by atoms with Crippen molar-refractivity contribution in [3.63, 3.8) is 0 Å². The molecule has 0 fully saturated rings. The standard InChI is InChI=1S/C12H13F4NO/c13-9-3-1-2-8-7(9)4-5-10(8)17-6-11(18)12(14,15)16/h1-3,10-11,17-18H,4-6H2. The van der Waals surface area contributed by atoms with Crippen LogP contribution in [-0.4, -0.2) is 23.9 Å². The minimum Gasteiger partial charge on any atom is -0.382 e. The summed E-state index contributed by atoms with van der Waals surface area (Å²) in [6.07, 6.45) is -5.98. The summed E-state index contributed by atoms with van der Waals surface area (Å²) in [6, 6.07) is 4.25. The molecule has 2 rings (SSSR count). The molecular formula is C12H13F4NO. The highest BCUT2D eigenvalue weighted by atomic mass is 19.4. The molecule has 0 radical (unpaired) electrons. The van der Waals surface area contributed by atoms with Gasteiger partial charge in [0.05, 0.1) is 0 Å². The molecule has 1 aliphatic rings. The summed E-state index contributed by atoms with van der Waals surface area (Å²) in [6.45, 7) is -0.579. The van der Waals surface area contributed by atoms with Crippen LogP contribution in [0.5, 0.6) is 0 Å². The number of nitrogens with one attached hydrogen (secondary N) is 1. The Hall–Kier alpha value is -1.14. The van der Waals surface area contributed by atoms with Gasteiger partial charge in [-0.25, -0.2) is 4.39 Å². The molecule has 1 aliphatic carbocycles. The van der Waals surface area contributed by atoms with Gasteiger partial charge in [-0.1, -0.05) is 12.1 Å². The van der Waals surface area contributed by atoms with Gasteiger partial charge < -0.3 is 10.4 Å². The highest BCUT2D eigenvalue weighted by Crippen LogP contribution is 2.32. The number of rotatable bonds is 3. The van der Waals surface area contributed by atoms with E-state index in [9.17, 15) is 17.6 Å². The number of halogens is 4. The van der Waals surface area contributed by atoms with E-state index in [4.69, 9.17) is 5.11 Å². The quantitative estimate of drug-likeness (QED) is 0.820. The molecule has 100 valence electrons. The molecule has 0 spiro atoms. The predicted molar refractivity (Wildman–Crippen MR) is 57.5 cm³/mol. The first-order chi connectivity index (χ1) is 8.39. The van der Waals surface area contributed by atoms with Gasteiger partial charge in [-0.15, -0.1) is 0 Å². The lowest BCUT2D eigenvalue weighted by Gasteiger charge is -2.19. The molecule has 6 heteroatoms. The van der Waals surface area contributed by atoms with Crippen molar-refractivity contribution >= 4 is 0 Å². The third kappa shape index (κ3) is 2.64. The molecule has 0 bridgehead atoms. The van der Waals surface area contributed by atoms with Gasteiger partial charge in [0.2, 0.25) is 0 Å². The van der Waals surface area contributed by atoms with E-state index >= 15 is 0 Å². The summed E-state index contributed by atoms with van der Waals surface area (Å²) in [7, 11) is 0. The van der Waals surface area contributed by atoms with Gasteiger partial charge in [-0.05, 0) is 30.0 Å². The fourth-order valence-corrected chi connectivity index (χ4v) is 2.19. The summed E-state index contributed by atoms with van der Waals surface area (Å²) >= 11 is 0.